The number of halogens is 3. The number of hydrogen-bond acceptors (Lipinski definition) is 5. The van der Waals surface area contributed by atoms with Gasteiger partial charge in [0, 0.05) is 23.8 Å². The first-order valence-corrected chi connectivity index (χ1v) is 17.0. The first kappa shape index (κ1) is 36.6. The summed E-state index contributed by atoms with van der Waals surface area (Å²) < 4.78 is 41.9. The van der Waals surface area contributed by atoms with Gasteiger partial charge in [0.05, 0.1) is 18.8 Å². The van der Waals surface area contributed by atoms with Crippen LogP contribution in [0.4, 0.5) is 13.2 Å². The summed E-state index contributed by atoms with van der Waals surface area (Å²) in [7, 11) is 0. The number of unbranched alkanes of at least 4 members (excludes halogenated alkanes) is 13. The Balaban J connectivity index is 2.02. The number of alkyl halides is 3. The van der Waals surface area contributed by atoms with Crippen molar-refractivity contribution in [2.75, 3.05) is 12.4 Å². The number of esters is 1. The molecule has 39 heavy (non-hydrogen) atoms. The second kappa shape index (κ2) is 23.1. The Morgan fingerprint density at radius 1 is 0.872 bits per heavy atom. The highest BCUT2D eigenvalue weighted by Gasteiger charge is 2.34. The third-order valence-electron chi connectivity index (χ3n) is 7.90. The number of carbonyl (C=O) groups excluding carboxylic acids is 1. The standard InChI is InChI=1S/C31H57F3O4S/c1-2-3-4-5-6-7-12-17-24-38-30(37)20-15-9-8-14-19-27-28(36)21-22-29(27)39-25-26(35)18-13-10-11-16-23-31(32,33)34/h26-29,35-36H,2-25H2,1H3. The van der Waals surface area contributed by atoms with E-state index in [1.54, 1.807) is 11.8 Å². The zero-order valence-electron chi connectivity index (χ0n) is 24.5. The van der Waals surface area contributed by atoms with E-state index < -0.39 is 18.7 Å². The minimum atomic E-state index is -4.07. The summed E-state index contributed by atoms with van der Waals surface area (Å²) in [5.41, 5.74) is 0. The molecule has 1 aliphatic carbocycles. The zero-order valence-corrected chi connectivity index (χ0v) is 25.3. The molecular weight excluding hydrogens is 525 g/mol. The van der Waals surface area contributed by atoms with Gasteiger partial charge in [-0.2, -0.15) is 24.9 Å². The van der Waals surface area contributed by atoms with Crippen LogP contribution in [0.5, 0.6) is 0 Å². The van der Waals surface area contributed by atoms with E-state index >= 15 is 0 Å². The summed E-state index contributed by atoms with van der Waals surface area (Å²) in [5, 5.41) is 21.1. The number of carbonyl (C=O) groups is 1. The average Bonchev–Trinajstić information content (AvgIpc) is 3.24. The molecule has 232 valence electrons. The maximum atomic E-state index is 12.2. The molecule has 4 nitrogen and oxygen atoms in total. The number of aliphatic hydroxyl groups excluding tert-OH is 2. The van der Waals surface area contributed by atoms with Crippen LogP contribution in [0, 0.1) is 5.92 Å². The molecule has 0 bridgehead atoms. The smallest absolute Gasteiger partial charge is 0.389 e. The van der Waals surface area contributed by atoms with Crippen LogP contribution in [0.25, 0.3) is 0 Å². The lowest BCUT2D eigenvalue weighted by Crippen LogP contribution is -2.22. The van der Waals surface area contributed by atoms with E-state index in [0.29, 0.717) is 36.9 Å². The zero-order chi connectivity index (χ0) is 28.8. The van der Waals surface area contributed by atoms with Gasteiger partial charge in [0.15, 0.2) is 0 Å². The molecule has 1 saturated carbocycles. The predicted octanol–water partition coefficient (Wildman–Crippen LogP) is 9.15. The second-order valence-corrected chi connectivity index (χ2v) is 12.8. The maximum Gasteiger partial charge on any atom is 0.389 e. The fraction of sp³-hybridized carbons (Fsp3) is 0.968. The normalized spacial score (nSPS) is 20.4. The molecule has 0 aromatic heterocycles. The monoisotopic (exact) mass is 582 g/mol. The third kappa shape index (κ3) is 21.0. The summed E-state index contributed by atoms with van der Waals surface area (Å²) in [5.74, 6) is 0.791. The summed E-state index contributed by atoms with van der Waals surface area (Å²) in [4.78, 5) is 11.9. The molecule has 0 saturated heterocycles. The largest absolute Gasteiger partial charge is 0.466 e. The number of thioether (sulfide) groups is 1. The summed E-state index contributed by atoms with van der Waals surface area (Å²) in [6.45, 7) is 2.77. The van der Waals surface area contributed by atoms with Gasteiger partial charge in [-0.1, -0.05) is 90.4 Å². The summed E-state index contributed by atoms with van der Waals surface area (Å²) in [6, 6.07) is 0. The number of hydrogen-bond donors (Lipinski definition) is 2. The van der Waals surface area contributed by atoms with Gasteiger partial charge in [-0.15, -0.1) is 0 Å². The van der Waals surface area contributed by atoms with E-state index in [9.17, 15) is 28.2 Å². The molecule has 4 atom stereocenters. The highest BCUT2D eigenvalue weighted by atomic mass is 32.2. The fourth-order valence-electron chi connectivity index (χ4n) is 5.47. The van der Waals surface area contributed by atoms with Gasteiger partial charge in [0.2, 0.25) is 0 Å². The molecule has 0 aromatic carbocycles. The van der Waals surface area contributed by atoms with E-state index in [2.05, 4.69) is 6.92 Å². The van der Waals surface area contributed by atoms with Crippen molar-refractivity contribution < 1.29 is 32.9 Å². The van der Waals surface area contributed by atoms with Crippen LogP contribution in [0.3, 0.4) is 0 Å². The van der Waals surface area contributed by atoms with Gasteiger partial charge in [-0.3, -0.25) is 4.79 Å². The topological polar surface area (TPSA) is 66.8 Å². The van der Waals surface area contributed by atoms with Gasteiger partial charge in [-0.05, 0) is 50.9 Å². The molecular formula is C31H57F3O4S. The molecule has 0 heterocycles. The van der Waals surface area contributed by atoms with E-state index in [0.717, 1.165) is 70.6 Å². The van der Waals surface area contributed by atoms with Crippen molar-refractivity contribution in [1.29, 1.82) is 0 Å². The highest BCUT2D eigenvalue weighted by molar-refractivity contribution is 7.99. The number of aliphatic hydroxyl groups is 2. The van der Waals surface area contributed by atoms with Crippen molar-refractivity contribution in [3.05, 3.63) is 0 Å². The number of ether oxygens (including phenoxy) is 1. The lowest BCUT2D eigenvalue weighted by molar-refractivity contribution is -0.144. The van der Waals surface area contributed by atoms with Crippen molar-refractivity contribution in [3.8, 4) is 0 Å². The van der Waals surface area contributed by atoms with E-state index in [4.69, 9.17) is 4.74 Å². The molecule has 0 spiro atoms. The molecule has 1 aliphatic rings. The summed E-state index contributed by atoms with van der Waals surface area (Å²) >= 11 is 1.74. The van der Waals surface area contributed by atoms with Gasteiger partial charge >= 0.3 is 12.1 Å². The number of rotatable bonds is 25. The van der Waals surface area contributed by atoms with E-state index in [1.165, 1.54) is 38.5 Å². The van der Waals surface area contributed by atoms with E-state index in [1.807, 2.05) is 0 Å². The minimum Gasteiger partial charge on any atom is -0.466 e. The molecule has 0 amide bonds. The molecule has 8 heteroatoms. The average molecular weight is 583 g/mol. The van der Waals surface area contributed by atoms with Crippen molar-refractivity contribution in [1.82, 2.24) is 0 Å². The molecule has 2 N–H and O–H groups in total. The summed E-state index contributed by atoms with van der Waals surface area (Å²) in [6.07, 6.45) is 14.3. The molecule has 4 unspecified atom stereocenters. The molecule has 0 aromatic rings. The predicted molar refractivity (Wildman–Crippen MR) is 156 cm³/mol. The highest BCUT2D eigenvalue weighted by Crippen LogP contribution is 2.39. The van der Waals surface area contributed by atoms with Gasteiger partial charge in [0.1, 0.15) is 0 Å². The molecule has 0 aliphatic heterocycles. The molecule has 1 fully saturated rings. The Morgan fingerprint density at radius 3 is 2.21 bits per heavy atom. The lowest BCUT2D eigenvalue weighted by atomic mass is 9.97. The van der Waals surface area contributed by atoms with Crippen molar-refractivity contribution in [2.45, 2.75) is 172 Å². The Morgan fingerprint density at radius 2 is 1.49 bits per heavy atom. The Labute approximate surface area is 240 Å². The van der Waals surface area contributed by atoms with Crippen LogP contribution in [-0.2, 0) is 9.53 Å². The van der Waals surface area contributed by atoms with Gasteiger partial charge in [-0.25, -0.2) is 0 Å². The SMILES string of the molecule is CCCCCCCCCCOC(=O)CCCCCCC1C(O)CCC1SCC(O)CCCCCCC(F)(F)F. The quantitative estimate of drug-likeness (QED) is 0.0830. The van der Waals surface area contributed by atoms with Crippen LogP contribution in [0.15, 0.2) is 0 Å². The second-order valence-electron chi connectivity index (χ2n) is 11.6. The van der Waals surface area contributed by atoms with Crippen LogP contribution in [0.1, 0.15) is 148 Å². The van der Waals surface area contributed by atoms with Crippen LogP contribution < -0.4 is 0 Å². The van der Waals surface area contributed by atoms with Crippen LogP contribution in [0.2, 0.25) is 0 Å². The third-order valence-corrected chi connectivity index (χ3v) is 9.49. The molecule has 0 radical (unpaired) electrons. The first-order chi connectivity index (χ1) is 18.7. The minimum absolute atomic E-state index is 0.0829. The lowest BCUT2D eigenvalue weighted by Gasteiger charge is -2.23. The maximum absolute atomic E-state index is 12.2. The molecule has 1 rings (SSSR count). The van der Waals surface area contributed by atoms with Gasteiger partial charge < -0.3 is 14.9 Å². The van der Waals surface area contributed by atoms with Gasteiger partial charge in [0.25, 0.3) is 0 Å². The van der Waals surface area contributed by atoms with Crippen molar-refractivity contribution >= 4 is 17.7 Å². The van der Waals surface area contributed by atoms with Crippen LogP contribution >= 0.6 is 11.8 Å². The van der Waals surface area contributed by atoms with Crippen LogP contribution in [-0.4, -0.2) is 52.2 Å². The fourth-order valence-corrected chi connectivity index (χ4v) is 6.97. The van der Waals surface area contributed by atoms with E-state index in [-0.39, 0.29) is 24.4 Å². The Kier molecular flexibility index (Phi) is 21.7. The van der Waals surface area contributed by atoms with Crippen molar-refractivity contribution in [3.63, 3.8) is 0 Å². The Bertz CT molecular complexity index is 591. The Hall–Kier alpha value is -0.470. The van der Waals surface area contributed by atoms with Crippen molar-refractivity contribution in [2.24, 2.45) is 5.92 Å². The first-order valence-electron chi connectivity index (χ1n) is 15.9.